The maximum atomic E-state index is 5.54. The Bertz CT molecular complexity index is 681. The lowest BCUT2D eigenvalue weighted by atomic mass is 10.2. The molecule has 0 aromatic heterocycles. The number of benzene rings is 1. The molecular weight excluding hydrogens is 420 g/mol. The van der Waals surface area contributed by atoms with Crippen molar-refractivity contribution in [3.05, 3.63) is 35.4 Å². The van der Waals surface area contributed by atoms with Crippen LogP contribution in [0.4, 0.5) is 0 Å². The third-order valence-electron chi connectivity index (χ3n) is 4.72. The molecule has 8 nitrogen and oxygen atoms in total. The van der Waals surface area contributed by atoms with E-state index in [1.165, 1.54) is 0 Å². The van der Waals surface area contributed by atoms with Crippen LogP contribution in [0.3, 0.4) is 0 Å². The quantitative estimate of drug-likeness (QED) is 0.271. The Morgan fingerprint density at radius 1 is 0.833 bits per heavy atom. The van der Waals surface area contributed by atoms with Crippen LogP contribution in [-0.2, 0) is 9.47 Å². The van der Waals surface area contributed by atoms with Crippen molar-refractivity contribution in [1.82, 2.24) is 21.5 Å². The molecule has 0 bridgehead atoms. The lowest BCUT2D eigenvalue weighted by Gasteiger charge is -2.11. The van der Waals surface area contributed by atoms with Gasteiger partial charge in [-0.15, -0.1) is 0 Å². The summed E-state index contributed by atoms with van der Waals surface area (Å²) in [6, 6.07) is 7.79. The zero-order chi connectivity index (χ0) is 21.0. The van der Waals surface area contributed by atoms with E-state index in [-0.39, 0.29) is 12.2 Å². The molecule has 0 amide bonds. The molecule has 4 N–H and O–H groups in total. The number of ether oxygens (including phenoxy) is 2. The molecule has 10 heteroatoms. The molecule has 2 aliphatic rings. The van der Waals surface area contributed by atoms with Crippen molar-refractivity contribution in [1.29, 1.82) is 0 Å². The Balaban J connectivity index is 1.32. The lowest BCUT2D eigenvalue weighted by Crippen LogP contribution is -2.37. The zero-order valence-corrected chi connectivity index (χ0v) is 18.4. The topological polar surface area (TPSA) is 91.3 Å². The van der Waals surface area contributed by atoms with Crippen molar-refractivity contribution in [3.8, 4) is 0 Å². The number of thiocarbonyl (C=S) groups is 2. The summed E-state index contributed by atoms with van der Waals surface area (Å²) < 4.78 is 11.1. The first-order chi connectivity index (χ1) is 14.7. The van der Waals surface area contributed by atoms with Gasteiger partial charge in [0.15, 0.2) is 10.2 Å². The first-order valence-electron chi connectivity index (χ1n) is 10.2. The fourth-order valence-electron chi connectivity index (χ4n) is 3.10. The van der Waals surface area contributed by atoms with Crippen molar-refractivity contribution < 1.29 is 9.47 Å². The summed E-state index contributed by atoms with van der Waals surface area (Å²) >= 11 is 10.4. The van der Waals surface area contributed by atoms with Crippen LogP contribution in [0.15, 0.2) is 34.5 Å². The average Bonchev–Trinajstić information content (AvgIpc) is 3.46. The van der Waals surface area contributed by atoms with Gasteiger partial charge in [0.2, 0.25) is 0 Å². The fourth-order valence-corrected chi connectivity index (χ4v) is 3.37. The molecule has 2 saturated heterocycles. The van der Waals surface area contributed by atoms with Crippen molar-refractivity contribution in [2.45, 2.75) is 37.9 Å². The van der Waals surface area contributed by atoms with Crippen LogP contribution < -0.4 is 21.5 Å². The van der Waals surface area contributed by atoms with Crippen molar-refractivity contribution >= 4 is 47.1 Å². The maximum absolute atomic E-state index is 5.54. The molecule has 0 aliphatic carbocycles. The number of hydrogen-bond donors (Lipinski definition) is 4. The number of nitrogens with zero attached hydrogens (tertiary/aromatic N) is 2. The zero-order valence-electron chi connectivity index (χ0n) is 16.8. The normalized spacial score (nSPS) is 21.2. The highest BCUT2D eigenvalue weighted by molar-refractivity contribution is 7.80. The minimum absolute atomic E-state index is 0.240. The molecule has 0 radical (unpaired) electrons. The molecule has 2 fully saturated rings. The van der Waals surface area contributed by atoms with Gasteiger partial charge in [0.25, 0.3) is 0 Å². The number of hydrazone groups is 2. The second-order valence-corrected chi connectivity index (χ2v) is 7.91. The molecule has 1 aromatic carbocycles. The standard InChI is InChI=1S/C20H28N6O2S2/c29-19(21-13-17-3-1-9-27-17)25-23-11-15-5-7-16(8-6-15)12-24-26-20(30)22-14-18-4-2-10-28-18/h5-8,11-12,17-18H,1-4,9-10,13-14H2,(H2,21,25,29)(H2,22,26,30)/b23-11-,24-12-/t17-,18-/m0/s1. The molecule has 0 spiro atoms. The van der Waals surface area contributed by atoms with Gasteiger partial charge >= 0.3 is 0 Å². The maximum Gasteiger partial charge on any atom is 0.187 e. The number of nitrogens with one attached hydrogen (secondary N) is 4. The molecule has 3 rings (SSSR count). The molecule has 2 aliphatic heterocycles. The van der Waals surface area contributed by atoms with Crippen LogP contribution in [-0.4, -0.2) is 61.2 Å². The van der Waals surface area contributed by atoms with Gasteiger partial charge in [-0.25, -0.2) is 0 Å². The summed E-state index contributed by atoms with van der Waals surface area (Å²) in [5, 5.41) is 15.5. The highest BCUT2D eigenvalue weighted by Gasteiger charge is 2.15. The van der Waals surface area contributed by atoms with Gasteiger partial charge in [0.1, 0.15) is 0 Å². The Hall–Kier alpha value is -2.14. The third-order valence-corrected chi connectivity index (χ3v) is 5.20. The fraction of sp³-hybridized carbons (Fsp3) is 0.500. The number of rotatable bonds is 8. The first kappa shape index (κ1) is 22.5. The second-order valence-electron chi connectivity index (χ2n) is 7.10. The molecular formula is C20H28N6O2S2. The molecule has 1 aromatic rings. The highest BCUT2D eigenvalue weighted by atomic mass is 32.1. The minimum atomic E-state index is 0.240. The minimum Gasteiger partial charge on any atom is -0.376 e. The lowest BCUT2D eigenvalue weighted by molar-refractivity contribution is 0.114. The summed E-state index contributed by atoms with van der Waals surface area (Å²) in [6.45, 7) is 3.08. The van der Waals surface area contributed by atoms with E-state index in [1.807, 2.05) is 24.3 Å². The van der Waals surface area contributed by atoms with Gasteiger partial charge < -0.3 is 20.1 Å². The van der Waals surface area contributed by atoms with Crippen LogP contribution in [0, 0.1) is 0 Å². The van der Waals surface area contributed by atoms with Gasteiger partial charge in [-0.1, -0.05) is 24.3 Å². The first-order valence-corrected chi connectivity index (χ1v) is 11.0. The molecule has 30 heavy (non-hydrogen) atoms. The molecule has 0 saturated carbocycles. The molecule has 162 valence electrons. The Labute approximate surface area is 187 Å². The molecule has 2 heterocycles. The van der Waals surface area contributed by atoms with Gasteiger partial charge in [0, 0.05) is 26.3 Å². The van der Waals surface area contributed by atoms with E-state index in [9.17, 15) is 0 Å². The van der Waals surface area contributed by atoms with E-state index in [0.29, 0.717) is 23.3 Å². The van der Waals surface area contributed by atoms with Crippen molar-refractivity contribution in [2.75, 3.05) is 26.3 Å². The summed E-state index contributed by atoms with van der Waals surface area (Å²) in [7, 11) is 0. The van der Waals surface area contributed by atoms with Crippen LogP contribution in [0.25, 0.3) is 0 Å². The number of hydrogen-bond acceptors (Lipinski definition) is 6. The van der Waals surface area contributed by atoms with Gasteiger partial charge in [0.05, 0.1) is 24.6 Å². The van der Waals surface area contributed by atoms with E-state index in [2.05, 4.69) is 31.7 Å². The Morgan fingerprint density at radius 2 is 1.27 bits per heavy atom. The van der Waals surface area contributed by atoms with E-state index in [4.69, 9.17) is 33.9 Å². The van der Waals surface area contributed by atoms with E-state index in [1.54, 1.807) is 12.4 Å². The van der Waals surface area contributed by atoms with E-state index < -0.39 is 0 Å². The van der Waals surface area contributed by atoms with Crippen LogP contribution in [0.5, 0.6) is 0 Å². The van der Waals surface area contributed by atoms with Crippen LogP contribution in [0.1, 0.15) is 36.8 Å². The SMILES string of the molecule is S=C(NC[C@@H]1CCCO1)N/N=C\c1ccc(/C=N\NC(=S)NC[C@@H]2CCCO2)cc1. The Morgan fingerprint density at radius 3 is 1.63 bits per heavy atom. The van der Waals surface area contributed by atoms with Crippen LogP contribution >= 0.6 is 24.4 Å². The Kier molecular flexibility index (Phi) is 9.42. The molecule has 2 atom stereocenters. The smallest absolute Gasteiger partial charge is 0.187 e. The molecule has 0 unspecified atom stereocenters. The highest BCUT2D eigenvalue weighted by Crippen LogP contribution is 2.11. The summed E-state index contributed by atoms with van der Waals surface area (Å²) in [4.78, 5) is 0. The average molecular weight is 449 g/mol. The summed E-state index contributed by atoms with van der Waals surface area (Å²) in [5.74, 6) is 0. The van der Waals surface area contributed by atoms with Crippen molar-refractivity contribution in [2.24, 2.45) is 10.2 Å². The monoisotopic (exact) mass is 448 g/mol. The second kappa shape index (κ2) is 12.5. The van der Waals surface area contributed by atoms with Crippen molar-refractivity contribution in [3.63, 3.8) is 0 Å². The van der Waals surface area contributed by atoms with E-state index in [0.717, 1.165) is 50.0 Å². The van der Waals surface area contributed by atoms with Gasteiger partial charge in [-0.05, 0) is 61.2 Å². The van der Waals surface area contributed by atoms with Gasteiger partial charge in [-0.3, -0.25) is 10.9 Å². The predicted octanol–water partition coefficient (Wildman–Crippen LogP) is 1.64. The summed E-state index contributed by atoms with van der Waals surface area (Å²) in [5.41, 5.74) is 7.53. The third kappa shape index (κ3) is 8.31. The van der Waals surface area contributed by atoms with E-state index >= 15 is 0 Å². The van der Waals surface area contributed by atoms with Gasteiger partial charge in [-0.2, -0.15) is 10.2 Å². The van der Waals surface area contributed by atoms with Crippen LogP contribution in [0.2, 0.25) is 0 Å². The predicted molar refractivity (Wildman–Crippen MR) is 127 cm³/mol. The largest absolute Gasteiger partial charge is 0.376 e. The summed E-state index contributed by atoms with van der Waals surface area (Å²) in [6.07, 6.45) is 8.27.